The number of aryl methyl sites for hydroxylation is 1. The minimum absolute atomic E-state index is 0.124. The summed E-state index contributed by atoms with van der Waals surface area (Å²) >= 11 is 12.6. The Morgan fingerprint density at radius 3 is 2.53 bits per heavy atom. The van der Waals surface area contributed by atoms with Gasteiger partial charge in [0, 0.05) is 18.7 Å². The van der Waals surface area contributed by atoms with Crippen molar-refractivity contribution in [2.75, 3.05) is 36.1 Å². The van der Waals surface area contributed by atoms with Crippen molar-refractivity contribution in [2.24, 2.45) is 5.41 Å². The fraction of sp³-hybridized carbons (Fsp3) is 0.500. The number of piperidine rings is 1. The SMILES string of the molecule is CCOC(=O)c1nc(-c2cccc(Cl)c2Cl)c(C)nc1N1CCC2(CC1)CCS(=O)(=O)C2. The second-order valence-corrected chi connectivity index (χ2v) is 11.4. The van der Waals surface area contributed by atoms with Crippen LogP contribution >= 0.6 is 23.2 Å². The van der Waals surface area contributed by atoms with E-state index < -0.39 is 15.8 Å². The zero-order valence-electron chi connectivity index (χ0n) is 18.0. The van der Waals surface area contributed by atoms with Crippen LogP contribution in [0.3, 0.4) is 0 Å². The van der Waals surface area contributed by atoms with E-state index in [1.807, 2.05) is 11.8 Å². The van der Waals surface area contributed by atoms with E-state index in [1.165, 1.54) is 0 Å². The molecule has 1 aromatic heterocycles. The molecule has 0 N–H and O–H groups in total. The van der Waals surface area contributed by atoms with Gasteiger partial charge in [-0.05, 0) is 44.6 Å². The number of aromatic nitrogens is 2. The topological polar surface area (TPSA) is 89.5 Å². The summed E-state index contributed by atoms with van der Waals surface area (Å²) in [7, 11) is -2.96. The van der Waals surface area contributed by atoms with Crippen LogP contribution < -0.4 is 4.90 Å². The highest BCUT2D eigenvalue weighted by atomic mass is 35.5. The Bertz CT molecular complexity index is 1160. The number of anilines is 1. The predicted octanol–water partition coefficient (Wildman–Crippen LogP) is 4.34. The Balaban J connectivity index is 1.70. The zero-order chi connectivity index (χ0) is 23.1. The first-order valence-corrected chi connectivity index (χ1v) is 13.2. The molecule has 7 nitrogen and oxygen atoms in total. The van der Waals surface area contributed by atoms with Crippen molar-refractivity contribution in [3.8, 4) is 11.3 Å². The molecule has 1 spiro atoms. The molecule has 4 rings (SSSR count). The van der Waals surface area contributed by atoms with Crippen LogP contribution in [0.25, 0.3) is 11.3 Å². The minimum Gasteiger partial charge on any atom is -0.461 e. The monoisotopic (exact) mass is 497 g/mol. The van der Waals surface area contributed by atoms with Crippen LogP contribution in [0.2, 0.25) is 10.0 Å². The number of esters is 1. The number of ether oxygens (including phenoxy) is 1. The summed E-state index contributed by atoms with van der Waals surface area (Å²) in [5.74, 6) is 0.404. The largest absolute Gasteiger partial charge is 0.461 e. The number of carbonyl (C=O) groups is 1. The number of carbonyl (C=O) groups excluding carboxylic acids is 1. The molecule has 2 aliphatic rings. The lowest BCUT2D eigenvalue weighted by Gasteiger charge is -2.39. The summed E-state index contributed by atoms with van der Waals surface area (Å²) in [5, 5.41) is 0.733. The van der Waals surface area contributed by atoms with Gasteiger partial charge < -0.3 is 9.64 Å². The maximum atomic E-state index is 12.8. The van der Waals surface area contributed by atoms with Crippen molar-refractivity contribution < 1.29 is 17.9 Å². The first kappa shape index (κ1) is 23.3. The average molecular weight is 498 g/mol. The molecule has 0 unspecified atom stereocenters. The third-order valence-corrected chi connectivity index (χ3v) is 9.02. The number of benzene rings is 1. The number of sulfone groups is 1. The molecule has 0 bridgehead atoms. The maximum Gasteiger partial charge on any atom is 0.360 e. The molecular formula is C22H25Cl2N3O4S. The molecule has 32 heavy (non-hydrogen) atoms. The lowest BCUT2D eigenvalue weighted by molar-refractivity contribution is 0.0519. The highest BCUT2D eigenvalue weighted by molar-refractivity contribution is 7.91. The van der Waals surface area contributed by atoms with Gasteiger partial charge in [-0.3, -0.25) is 0 Å². The molecule has 0 saturated carbocycles. The van der Waals surface area contributed by atoms with E-state index in [0.717, 1.165) is 12.8 Å². The molecule has 10 heteroatoms. The Morgan fingerprint density at radius 2 is 1.91 bits per heavy atom. The highest BCUT2D eigenvalue weighted by Crippen LogP contribution is 2.43. The van der Waals surface area contributed by atoms with Gasteiger partial charge >= 0.3 is 5.97 Å². The van der Waals surface area contributed by atoms with Crippen molar-refractivity contribution in [1.29, 1.82) is 0 Å². The van der Waals surface area contributed by atoms with Crippen LogP contribution in [0.4, 0.5) is 5.82 Å². The Morgan fingerprint density at radius 1 is 1.19 bits per heavy atom. The number of rotatable bonds is 4. The van der Waals surface area contributed by atoms with Gasteiger partial charge in [0.05, 0.1) is 39.5 Å². The van der Waals surface area contributed by atoms with E-state index in [2.05, 4.69) is 4.98 Å². The van der Waals surface area contributed by atoms with E-state index in [-0.39, 0.29) is 29.2 Å². The van der Waals surface area contributed by atoms with E-state index in [0.29, 0.717) is 52.3 Å². The summed E-state index contributed by atoms with van der Waals surface area (Å²) in [6, 6.07) is 5.23. The molecule has 2 fully saturated rings. The number of hydrogen-bond acceptors (Lipinski definition) is 7. The van der Waals surface area contributed by atoms with Gasteiger partial charge in [-0.2, -0.15) is 0 Å². The van der Waals surface area contributed by atoms with Crippen LogP contribution in [0.5, 0.6) is 0 Å². The molecule has 2 aromatic rings. The van der Waals surface area contributed by atoms with E-state index in [4.69, 9.17) is 32.9 Å². The molecule has 2 aliphatic heterocycles. The maximum absolute atomic E-state index is 12.8. The van der Waals surface area contributed by atoms with Crippen molar-refractivity contribution in [1.82, 2.24) is 9.97 Å². The molecule has 0 amide bonds. The number of nitrogens with zero attached hydrogens (tertiary/aromatic N) is 3. The first-order chi connectivity index (χ1) is 15.1. The molecule has 172 valence electrons. The lowest BCUT2D eigenvalue weighted by atomic mass is 9.78. The Hall–Kier alpha value is -1.90. The van der Waals surface area contributed by atoms with Crippen LogP contribution in [0.15, 0.2) is 18.2 Å². The Kier molecular flexibility index (Phi) is 6.40. The number of halogens is 2. The fourth-order valence-corrected chi connectivity index (χ4v) is 7.22. The molecule has 1 aromatic carbocycles. The summed E-state index contributed by atoms with van der Waals surface area (Å²) in [5.41, 5.74) is 1.63. The first-order valence-electron chi connectivity index (χ1n) is 10.6. The predicted molar refractivity (Wildman–Crippen MR) is 125 cm³/mol. The van der Waals surface area contributed by atoms with Gasteiger partial charge in [-0.25, -0.2) is 23.2 Å². The second-order valence-electron chi connectivity index (χ2n) is 8.48. The van der Waals surface area contributed by atoms with Crippen LogP contribution in [-0.2, 0) is 14.6 Å². The van der Waals surface area contributed by atoms with Gasteiger partial charge in [0.25, 0.3) is 0 Å². The van der Waals surface area contributed by atoms with Crippen molar-refractivity contribution in [2.45, 2.75) is 33.1 Å². The van der Waals surface area contributed by atoms with Gasteiger partial charge in [0.1, 0.15) is 0 Å². The summed E-state index contributed by atoms with van der Waals surface area (Å²) < 4.78 is 29.3. The summed E-state index contributed by atoms with van der Waals surface area (Å²) in [4.78, 5) is 24.2. The quantitative estimate of drug-likeness (QED) is 0.580. The van der Waals surface area contributed by atoms with E-state index in [9.17, 15) is 13.2 Å². The van der Waals surface area contributed by atoms with Gasteiger partial charge in [0.2, 0.25) is 0 Å². The highest BCUT2D eigenvalue weighted by Gasteiger charge is 2.44. The minimum atomic E-state index is -2.96. The van der Waals surface area contributed by atoms with Crippen LogP contribution in [-0.4, -0.2) is 55.6 Å². The summed E-state index contributed by atoms with van der Waals surface area (Å²) in [6.45, 7) is 4.97. The molecular weight excluding hydrogens is 473 g/mol. The number of hydrogen-bond donors (Lipinski definition) is 0. The fourth-order valence-electron chi connectivity index (χ4n) is 4.58. The average Bonchev–Trinajstić information content (AvgIpc) is 3.05. The van der Waals surface area contributed by atoms with Crippen LogP contribution in [0, 0.1) is 12.3 Å². The van der Waals surface area contributed by atoms with E-state index >= 15 is 0 Å². The molecule has 0 radical (unpaired) electrons. The smallest absolute Gasteiger partial charge is 0.360 e. The van der Waals surface area contributed by atoms with Gasteiger partial charge in [-0.1, -0.05) is 35.3 Å². The third kappa shape index (κ3) is 4.45. The third-order valence-electron chi connectivity index (χ3n) is 6.32. The van der Waals surface area contributed by atoms with Crippen molar-refractivity contribution >= 4 is 44.8 Å². The second kappa shape index (κ2) is 8.80. The molecule has 3 heterocycles. The molecule has 2 saturated heterocycles. The normalized spacial score (nSPS) is 19.3. The van der Waals surface area contributed by atoms with Gasteiger partial charge in [-0.15, -0.1) is 0 Å². The van der Waals surface area contributed by atoms with Crippen molar-refractivity contribution in [3.63, 3.8) is 0 Å². The molecule has 0 aliphatic carbocycles. The summed E-state index contributed by atoms with van der Waals surface area (Å²) in [6.07, 6.45) is 2.17. The molecule has 0 atom stereocenters. The zero-order valence-corrected chi connectivity index (χ0v) is 20.4. The lowest BCUT2D eigenvalue weighted by Crippen LogP contribution is -2.42. The van der Waals surface area contributed by atoms with Crippen LogP contribution in [0.1, 0.15) is 42.4 Å². The van der Waals surface area contributed by atoms with E-state index in [1.54, 1.807) is 25.1 Å². The Labute approximate surface area is 198 Å². The van der Waals surface area contributed by atoms with Gasteiger partial charge in [0.15, 0.2) is 21.3 Å². The standard InChI is InChI=1S/C22H25Cl2N3O4S/c1-3-31-21(28)19-20(27-10-7-22(8-11-27)9-12-32(29,30)13-22)25-14(2)18(26-19)15-5-4-6-16(23)17(15)24/h4-6H,3,7-13H2,1-2H3. The van der Waals surface area contributed by atoms with Crippen molar-refractivity contribution in [3.05, 3.63) is 39.6 Å².